The Balaban J connectivity index is 2.11. The van der Waals surface area contributed by atoms with E-state index >= 15 is 0 Å². The lowest BCUT2D eigenvalue weighted by molar-refractivity contribution is 0.260. The summed E-state index contributed by atoms with van der Waals surface area (Å²) in [7, 11) is 0. The zero-order valence-electron chi connectivity index (χ0n) is 11.4. The van der Waals surface area contributed by atoms with Crippen LogP contribution in [-0.2, 0) is 13.0 Å². The van der Waals surface area contributed by atoms with Gasteiger partial charge in [-0.2, -0.15) is 0 Å². The largest absolute Gasteiger partial charge is 0.297 e. The molecule has 0 saturated heterocycles. The van der Waals surface area contributed by atoms with Crippen molar-refractivity contribution in [1.29, 1.82) is 0 Å². The average Bonchev–Trinajstić information content (AvgIpc) is 2.38. The summed E-state index contributed by atoms with van der Waals surface area (Å²) in [6.45, 7) is 5.25. The SMILES string of the molecule is CC1(C)CCn2c(nc(-c3ccccc3)cc2=O)C1. The van der Waals surface area contributed by atoms with E-state index in [9.17, 15) is 4.79 Å². The molecular weight excluding hydrogens is 236 g/mol. The summed E-state index contributed by atoms with van der Waals surface area (Å²) in [6.07, 6.45) is 1.90. The highest BCUT2D eigenvalue weighted by molar-refractivity contribution is 5.58. The molecule has 3 rings (SSSR count). The zero-order chi connectivity index (χ0) is 13.5. The minimum Gasteiger partial charge on any atom is -0.297 e. The molecule has 3 heteroatoms. The molecule has 2 heterocycles. The molecular formula is C16H18N2O. The Morgan fingerprint density at radius 1 is 1.21 bits per heavy atom. The van der Waals surface area contributed by atoms with Crippen LogP contribution in [0.2, 0.25) is 0 Å². The maximum absolute atomic E-state index is 12.2. The number of fused-ring (bicyclic) bond motifs is 1. The number of aromatic nitrogens is 2. The highest BCUT2D eigenvalue weighted by atomic mass is 16.1. The summed E-state index contributed by atoms with van der Waals surface area (Å²) >= 11 is 0. The van der Waals surface area contributed by atoms with Crippen LogP contribution >= 0.6 is 0 Å². The van der Waals surface area contributed by atoms with Crippen molar-refractivity contribution in [2.75, 3.05) is 0 Å². The van der Waals surface area contributed by atoms with Crippen LogP contribution in [0.25, 0.3) is 11.3 Å². The third-order valence-electron chi connectivity index (χ3n) is 3.81. The van der Waals surface area contributed by atoms with Crippen LogP contribution in [0.3, 0.4) is 0 Å². The first-order valence-electron chi connectivity index (χ1n) is 6.71. The molecule has 0 bridgehead atoms. The molecule has 0 aliphatic carbocycles. The van der Waals surface area contributed by atoms with Gasteiger partial charge in [0.1, 0.15) is 5.82 Å². The molecule has 1 aliphatic rings. The number of rotatable bonds is 1. The zero-order valence-corrected chi connectivity index (χ0v) is 11.4. The quantitative estimate of drug-likeness (QED) is 0.784. The van der Waals surface area contributed by atoms with Crippen molar-refractivity contribution in [3.63, 3.8) is 0 Å². The van der Waals surface area contributed by atoms with Gasteiger partial charge in [-0.25, -0.2) is 4.98 Å². The van der Waals surface area contributed by atoms with Crippen LogP contribution in [-0.4, -0.2) is 9.55 Å². The minimum absolute atomic E-state index is 0.0688. The van der Waals surface area contributed by atoms with Crippen LogP contribution in [0.1, 0.15) is 26.1 Å². The fourth-order valence-corrected chi connectivity index (χ4v) is 2.62. The second-order valence-corrected chi connectivity index (χ2v) is 6.00. The topological polar surface area (TPSA) is 34.9 Å². The fourth-order valence-electron chi connectivity index (χ4n) is 2.62. The van der Waals surface area contributed by atoms with Crippen molar-refractivity contribution in [1.82, 2.24) is 9.55 Å². The predicted octanol–water partition coefficient (Wildman–Crippen LogP) is 2.88. The number of hydrogen-bond donors (Lipinski definition) is 0. The van der Waals surface area contributed by atoms with Gasteiger partial charge >= 0.3 is 0 Å². The first-order chi connectivity index (χ1) is 9.05. The monoisotopic (exact) mass is 254 g/mol. The van der Waals surface area contributed by atoms with Gasteiger partial charge in [0.15, 0.2) is 0 Å². The third kappa shape index (κ3) is 2.33. The average molecular weight is 254 g/mol. The smallest absolute Gasteiger partial charge is 0.254 e. The molecule has 3 nitrogen and oxygen atoms in total. The first-order valence-corrected chi connectivity index (χ1v) is 6.71. The minimum atomic E-state index is 0.0688. The van der Waals surface area contributed by atoms with Gasteiger partial charge in [-0.05, 0) is 11.8 Å². The van der Waals surface area contributed by atoms with Gasteiger partial charge in [0, 0.05) is 24.6 Å². The van der Waals surface area contributed by atoms with Crippen LogP contribution in [0, 0.1) is 5.41 Å². The van der Waals surface area contributed by atoms with Gasteiger partial charge in [0.05, 0.1) is 5.69 Å². The summed E-state index contributed by atoms with van der Waals surface area (Å²) in [4.78, 5) is 16.9. The standard InChI is InChI=1S/C16H18N2O/c1-16(2)8-9-18-14(11-16)17-13(10-15(18)19)12-6-4-3-5-7-12/h3-7,10H,8-9,11H2,1-2H3. The molecule has 0 fully saturated rings. The Labute approximate surface area is 112 Å². The highest BCUT2D eigenvalue weighted by Crippen LogP contribution is 2.30. The Hall–Kier alpha value is -1.90. The van der Waals surface area contributed by atoms with E-state index in [2.05, 4.69) is 13.8 Å². The van der Waals surface area contributed by atoms with E-state index in [4.69, 9.17) is 4.98 Å². The van der Waals surface area contributed by atoms with E-state index < -0.39 is 0 Å². The number of nitrogens with zero attached hydrogens (tertiary/aromatic N) is 2. The van der Waals surface area contributed by atoms with Crippen molar-refractivity contribution in [2.24, 2.45) is 5.41 Å². The van der Waals surface area contributed by atoms with Crippen LogP contribution in [0.15, 0.2) is 41.2 Å². The summed E-state index contributed by atoms with van der Waals surface area (Å²) in [6, 6.07) is 11.5. The third-order valence-corrected chi connectivity index (χ3v) is 3.81. The second kappa shape index (κ2) is 4.34. The van der Waals surface area contributed by atoms with E-state index in [-0.39, 0.29) is 11.0 Å². The van der Waals surface area contributed by atoms with Gasteiger partial charge in [-0.3, -0.25) is 9.36 Å². The number of benzene rings is 1. The van der Waals surface area contributed by atoms with Crippen LogP contribution in [0.5, 0.6) is 0 Å². The summed E-state index contributed by atoms with van der Waals surface area (Å²) in [5.41, 5.74) is 2.09. The van der Waals surface area contributed by atoms with E-state index in [1.807, 2.05) is 34.9 Å². The molecule has 0 amide bonds. The Morgan fingerprint density at radius 3 is 2.68 bits per heavy atom. The second-order valence-electron chi connectivity index (χ2n) is 6.00. The van der Waals surface area contributed by atoms with Crippen molar-refractivity contribution in [3.05, 3.63) is 52.6 Å². The molecule has 19 heavy (non-hydrogen) atoms. The predicted molar refractivity (Wildman–Crippen MR) is 76.0 cm³/mol. The van der Waals surface area contributed by atoms with Crippen LogP contribution < -0.4 is 5.56 Å². The van der Waals surface area contributed by atoms with E-state index in [0.717, 1.165) is 36.5 Å². The van der Waals surface area contributed by atoms with Gasteiger partial charge < -0.3 is 0 Å². The lowest BCUT2D eigenvalue weighted by Gasteiger charge is -2.31. The molecule has 0 unspecified atom stereocenters. The van der Waals surface area contributed by atoms with Crippen molar-refractivity contribution >= 4 is 0 Å². The molecule has 0 spiro atoms. The van der Waals surface area contributed by atoms with E-state index in [1.165, 1.54) is 0 Å². The highest BCUT2D eigenvalue weighted by Gasteiger charge is 2.27. The molecule has 98 valence electrons. The maximum Gasteiger partial charge on any atom is 0.254 e. The normalized spacial score (nSPS) is 16.9. The lowest BCUT2D eigenvalue weighted by atomic mass is 9.83. The van der Waals surface area contributed by atoms with Crippen molar-refractivity contribution in [3.8, 4) is 11.3 Å². The molecule has 0 radical (unpaired) electrons. The van der Waals surface area contributed by atoms with Gasteiger partial charge in [0.2, 0.25) is 0 Å². The first kappa shape index (κ1) is 12.2. The lowest BCUT2D eigenvalue weighted by Crippen LogP contribution is -2.34. The Kier molecular flexibility index (Phi) is 2.77. The molecule has 0 saturated carbocycles. The molecule has 1 aliphatic heterocycles. The molecule has 0 atom stereocenters. The van der Waals surface area contributed by atoms with Crippen molar-refractivity contribution < 1.29 is 0 Å². The summed E-state index contributed by atoms with van der Waals surface area (Å²) in [5.74, 6) is 0.919. The molecule has 2 aromatic rings. The van der Waals surface area contributed by atoms with Gasteiger partial charge in [-0.15, -0.1) is 0 Å². The molecule has 1 aromatic heterocycles. The summed E-state index contributed by atoms with van der Waals surface area (Å²) in [5, 5.41) is 0. The fraction of sp³-hybridized carbons (Fsp3) is 0.375. The van der Waals surface area contributed by atoms with Gasteiger partial charge in [0.25, 0.3) is 5.56 Å². The van der Waals surface area contributed by atoms with Gasteiger partial charge in [-0.1, -0.05) is 44.2 Å². The Bertz CT molecular complexity index is 656. The van der Waals surface area contributed by atoms with E-state index in [0.29, 0.717) is 0 Å². The maximum atomic E-state index is 12.2. The molecule has 0 N–H and O–H groups in total. The van der Waals surface area contributed by atoms with Crippen molar-refractivity contribution in [2.45, 2.75) is 33.2 Å². The van der Waals surface area contributed by atoms with Crippen LogP contribution in [0.4, 0.5) is 0 Å². The van der Waals surface area contributed by atoms with E-state index in [1.54, 1.807) is 6.07 Å². The molecule has 1 aromatic carbocycles. The Morgan fingerprint density at radius 2 is 1.95 bits per heavy atom. The number of hydrogen-bond acceptors (Lipinski definition) is 2. The summed E-state index contributed by atoms with van der Waals surface area (Å²) < 4.78 is 1.82.